The first-order chi connectivity index (χ1) is 15.4. The van der Waals surface area contributed by atoms with E-state index in [1.165, 1.54) is 17.4 Å². The zero-order valence-electron chi connectivity index (χ0n) is 18.0. The predicted molar refractivity (Wildman–Crippen MR) is 124 cm³/mol. The van der Waals surface area contributed by atoms with E-state index in [4.69, 9.17) is 14.2 Å². The van der Waals surface area contributed by atoms with Gasteiger partial charge in [0, 0.05) is 28.8 Å². The number of amides is 1. The van der Waals surface area contributed by atoms with Gasteiger partial charge in [0.2, 0.25) is 0 Å². The average Bonchev–Trinajstić information content (AvgIpc) is 3.20. The van der Waals surface area contributed by atoms with Crippen LogP contribution in [0.25, 0.3) is 6.08 Å². The molecule has 3 aromatic rings. The number of nitrogens with one attached hydrogen (secondary N) is 1. The Kier molecular flexibility index (Phi) is 7.99. The zero-order chi connectivity index (χ0) is 22.9. The average molecular weight is 453 g/mol. The smallest absolute Gasteiger partial charge is 0.330 e. The second kappa shape index (κ2) is 11.1. The number of thiazole rings is 1. The minimum Gasteiger partial charge on any atom is -0.491 e. The summed E-state index contributed by atoms with van der Waals surface area (Å²) < 4.78 is 16.5. The summed E-state index contributed by atoms with van der Waals surface area (Å²) in [5, 5.41) is 3.17. The summed E-state index contributed by atoms with van der Waals surface area (Å²) in [5.41, 5.74) is 0.368. The van der Waals surface area contributed by atoms with E-state index >= 15 is 0 Å². The summed E-state index contributed by atoms with van der Waals surface area (Å²) in [7, 11) is 0. The van der Waals surface area contributed by atoms with Gasteiger partial charge in [0.15, 0.2) is 5.13 Å². The van der Waals surface area contributed by atoms with E-state index in [2.05, 4.69) is 10.3 Å². The molecule has 0 radical (unpaired) electrons. The Morgan fingerprint density at radius 3 is 2.56 bits per heavy atom. The highest BCUT2D eigenvalue weighted by Crippen LogP contribution is 2.29. The summed E-state index contributed by atoms with van der Waals surface area (Å²) in [6.45, 7) is 5.86. The Bertz CT molecular complexity index is 1090. The first-order valence-electron chi connectivity index (χ1n) is 10.1. The van der Waals surface area contributed by atoms with Crippen molar-refractivity contribution in [2.24, 2.45) is 0 Å². The SMILES string of the molecule is CCOC(=O)/C=C/c1cnc(NC(=O)c2cc(Oc3ccccc3)cc(OC(C)C)c2)s1. The molecule has 0 spiro atoms. The van der Waals surface area contributed by atoms with Gasteiger partial charge in [-0.3, -0.25) is 10.1 Å². The Balaban J connectivity index is 1.76. The van der Waals surface area contributed by atoms with E-state index in [0.29, 0.717) is 39.4 Å². The third kappa shape index (κ3) is 6.95. The summed E-state index contributed by atoms with van der Waals surface area (Å²) >= 11 is 1.24. The van der Waals surface area contributed by atoms with Crippen LogP contribution >= 0.6 is 11.3 Å². The molecule has 8 heteroatoms. The number of carbonyl (C=O) groups excluding carboxylic acids is 2. The molecule has 0 aliphatic rings. The van der Waals surface area contributed by atoms with Crippen molar-refractivity contribution < 1.29 is 23.8 Å². The first-order valence-corrected chi connectivity index (χ1v) is 10.9. The van der Waals surface area contributed by atoms with Crippen molar-refractivity contribution >= 4 is 34.4 Å². The highest BCUT2D eigenvalue weighted by molar-refractivity contribution is 7.16. The minimum absolute atomic E-state index is 0.0643. The lowest BCUT2D eigenvalue weighted by Crippen LogP contribution is -2.13. The number of hydrogen-bond acceptors (Lipinski definition) is 7. The van der Waals surface area contributed by atoms with Crippen LogP contribution in [0.5, 0.6) is 17.2 Å². The number of benzene rings is 2. The zero-order valence-corrected chi connectivity index (χ0v) is 18.8. The number of aromatic nitrogens is 1. The van der Waals surface area contributed by atoms with Crippen LogP contribution in [0.1, 0.15) is 36.0 Å². The monoisotopic (exact) mass is 452 g/mol. The van der Waals surface area contributed by atoms with Gasteiger partial charge < -0.3 is 14.2 Å². The third-order valence-corrected chi connectivity index (χ3v) is 4.79. The minimum atomic E-state index is -0.431. The van der Waals surface area contributed by atoms with Crippen LogP contribution in [0.2, 0.25) is 0 Å². The molecular formula is C24H24N2O5S. The maximum atomic E-state index is 12.9. The molecule has 0 saturated carbocycles. The summed E-state index contributed by atoms with van der Waals surface area (Å²) in [5.74, 6) is 0.873. The molecule has 3 rings (SSSR count). The Morgan fingerprint density at radius 1 is 1.09 bits per heavy atom. The number of rotatable bonds is 9. The lowest BCUT2D eigenvalue weighted by atomic mass is 10.2. The topological polar surface area (TPSA) is 86.8 Å². The fourth-order valence-corrected chi connectivity index (χ4v) is 3.37. The molecule has 1 heterocycles. The number of anilines is 1. The molecule has 0 aliphatic heterocycles. The van der Waals surface area contributed by atoms with Crippen molar-refractivity contribution in [3.05, 3.63) is 71.2 Å². The van der Waals surface area contributed by atoms with Gasteiger partial charge in [-0.15, -0.1) is 0 Å². The number of ether oxygens (including phenoxy) is 3. The maximum Gasteiger partial charge on any atom is 0.330 e. The number of nitrogens with zero attached hydrogens (tertiary/aromatic N) is 1. The van der Waals surface area contributed by atoms with Gasteiger partial charge in [0.25, 0.3) is 5.91 Å². The molecule has 1 N–H and O–H groups in total. The molecule has 0 aliphatic carbocycles. The molecule has 0 unspecified atom stereocenters. The van der Waals surface area contributed by atoms with Gasteiger partial charge in [0.1, 0.15) is 17.2 Å². The highest BCUT2D eigenvalue weighted by atomic mass is 32.1. The van der Waals surface area contributed by atoms with Crippen molar-refractivity contribution in [2.75, 3.05) is 11.9 Å². The van der Waals surface area contributed by atoms with Crippen LogP contribution in [0.3, 0.4) is 0 Å². The standard InChI is InChI=1S/C24H24N2O5S/c1-4-29-22(27)11-10-21-15-25-24(32-21)26-23(28)17-12-19(30-16(2)3)14-20(13-17)31-18-8-6-5-7-9-18/h5-16H,4H2,1-3H3,(H,25,26,28)/b11-10+. The van der Waals surface area contributed by atoms with Crippen molar-refractivity contribution in [3.63, 3.8) is 0 Å². The molecule has 1 amide bonds. The normalized spacial score (nSPS) is 10.9. The van der Waals surface area contributed by atoms with E-state index in [1.54, 1.807) is 37.4 Å². The van der Waals surface area contributed by atoms with Crippen molar-refractivity contribution in [2.45, 2.75) is 26.9 Å². The summed E-state index contributed by atoms with van der Waals surface area (Å²) in [6, 6.07) is 14.3. The Morgan fingerprint density at radius 2 is 1.84 bits per heavy atom. The molecular weight excluding hydrogens is 428 g/mol. The van der Waals surface area contributed by atoms with Gasteiger partial charge in [-0.2, -0.15) is 0 Å². The van der Waals surface area contributed by atoms with E-state index in [1.807, 2.05) is 44.2 Å². The van der Waals surface area contributed by atoms with E-state index in [9.17, 15) is 9.59 Å². The molecule has 0 atom stereocenters. The molecule has 166 valence electrons. The van der Waals surface area contributed by atoms with Gasteiger partial charge in [0.05, 0.1) is 12.7 Å². The van der Waals surface area contributed by atoms with Crippen molar-refractivity contribution in [1.29, 1.82) is 0 Å². The molecule has 32 heavy (non-hydrogen) atoms. The lowest BCUT2D eigenvalue weighted by molar-refractivity contribution is -0.137. The molecule has 0 bridgehead atoms. The molecule has 1 aromatic heterocycles. The molecule has 0 saturated heterocycles. The first kappa shape index (κ1) is 23.0. The lowest BCUT2D eigenvalue weighted by Gasteiger charge is -2.14. The Labute approximate surface area is 190 Å². The Hall–Kier alpha value is -3.65. The largest absolute Gasteiger partial charge is 0.491 e. The quantitative estimate of drug-likeness (QED) is 0.338. The van der Waals surface area contributed by atoms with E-state index in [0.717, 1.165) is 0 Å². The van der Waals surface area contributed by atoms with Crippen LogP contribution in [-0.4, -0.2) is 29.6 Å². The van der Waals surface area contributed by atoms with E-state index < -0.39 is 5.97 Å². The fourth-order valence-electron chi connectivity index (χ4n) is 2.66. The second-order valence-electron chi connectivity index (χ2n) is 6.88. The van der Waals surface area contributed by atoms with E-state index in [-0.39, 0.29) is 12.0 Å². The number of para-hydroxylation sites is 1. The maximum absolute atomic E-state index is 12.9. The van der Waals surface area contributed by atoms with Gasteiger partial charge in [-0.25, -0.2) is 9.78 Å². The van der Waals surface area contributed by atoms with Crippen molar-refractivity contribution in [3.8, 4) is 17.2 Å². The van der Waals surface area contributed by atoms with Crippen LogP contribution in [0, 0.1) is 0 Å². The van der Waals surface area contributed by atoms with Crippen LogP contribution in [0.4, 0.5) is 5.13 Å². The number of hydrogen-bond donors (Lipinski definition) is 1. The second-order valence-corrected chi connectivity index (χ2v) is 7.94. The third-order valence-electron chi connectivity index (χ3n) is 3.91. The van der Waals surface area contributed by atoms with Gasteiger partial charge in [-0.1, -0.05) is 29.5 Å². The summed E-state index contributed by atoms with van der Waals surface area (Å²) in [6.07, 6.45) is 4.42. The van der Waals surface area contributed by atoms with Gasteiger partial charge in [-0.05, 0) is 51.1 Å². The number of carbonyl (C=O) groups is 2. The van der Waals surface area contributed by atoms with Gasteiger partial charge >= 0.3 is 5.97 Å². The van der Waals surface area contributed by atoms with Crippen LogP contribution in [0.15, 0.2) is 60.8 Å². The fraction of sp³-hybridized carbons (Fsp3) is 0.208. The van der Waals surface area contributed by atoms with Crippen molar-refractivity contribution in [1.82, 2.24) is 4.98 Å². The predicted octanol–water partition coefficient (Wildman–Crippen LogP) is 5.55. The van der Waals surface area contributed by atoms with Crippen LogP contribution in [-0.2, 0) is 9.53 Å². The summed E-state index contributed by atoms with van der Waals surface area (Å²) in [4.78, 5) is 29.2. The molecule has 7 nitrogen and oxygen atoms in total. The molecule has 2 aromatic carbocycles. The number of esters is 1. The highest BCUT2D eigenvalue weighted by Gasteiger charge is 2.14. The molecule has 0 fully saturated rings. The van der Waals surface area contributed by atoms with Crippen LogP contribution < -0.4 is 14.8 Å².